The molecule has 2 aromatic rings. The van der Waals surface area contributed by atoms with Crippen molar-refractivity contribution in [1.29, 1.82) is 0 Å². The lowest BCUT2D eigenvalue weighted by Crippen LogP contribution is -2.53. The molecule has 5 atom stereocenters. The van der Waals surface area contributed by atoms with E-state index in [0.29, 0.717) is 41.6 Å². The molecule has 0 radical (unpaired) electrons. The summed E-state index contributed by atoms with van der Waals surface area (Å²) in [5, 5.41) is 32.0. The number of hydrogen-bond donors (Lipinski definition) is 3. The summed E-state index contributed by atoms with van der Waals surface area (Å²) in [5.74, 6) is 4.19. The molecule has 48 heavy (non-hydrogen) atoms. The Balaban J connectivity index is 0.000000168. The molecule has 264 valence electrons. The molecule has 0 saturated heterocycles. The van der Waals surface area contributed by atoms with E-state index < -0.39 is 17.3 Å². The van der Waals surface area contributed by atoms with Crippen molar-refractivity contribution >= 4 is 5.57 Å². The summed E-state index contributed by atoms with van der Waals surface area (Å²) < 4.78 is 19.2. The summed E-state index contributed by atoms with van der Waals surface area (Å²) >= 11 is 0. The van der Waals surface area contributed by atoms with Crippen molar-refractivity contribution in [3.8, 4) is 23.0 Å². The first kappa shape index (κ1) is 35.1. The standard InChI is InChI=1S/C21H30O4.C21H30O2/c1-5-6-7-8-13-11-15(22)18-16(12-13)25-20(2,3)14-9-10-21(4,24)19(23)17(14)18;1-5-6-7-8-14-11-17-19-15-13-21(4,23-18(19)12-14)10-9-16(15)20(2,3)22-17/h11-12,19,22-24H,5-10H2,1-4H3;11-12,15-16H,5-10,13H2,1-4H3. The molecule has 2 aliphatic carbocycles. The molecule has 7 rings (SSSR count). The molecule has 2 aromatic carbocycles. The van der Waals surface area contributed by atoms with E-state index in [9.17, 15) is 15.3 Å². The van der Waals surface area contributed by atoms with Crippen LogP contribution in [0, 0.1) is 5.92 Å². The third kappa shape index (κ3) is 6.49. The predicted molar refractivity (Wildman–Crippen MR) is 192 cm³/mol. The van der Waals surface area contributed by atoms with Crippen molar-refractivity contribution in [1.82, 2.24) is 0 Å². The fourth-order valence-corrected chi connectivity index (χ4v) is 9.24. The minimum atomic E-state index is -1.20. The molecule has 6 nitrogen and oxygen atoms in total. The van der Waals surface area contributed by atoms with Crippen LogP contribution >= 0.6 is 0 Å². The van der Waals surface area contributed by atoms with E-state index in [1.165, 1.54) is 36.8 Å². The zero-order valence-corrected chi connectivity index (χ0v) is 30.8. The third-order valence-electron chi connectivity index (χ3n) is 12.0. The Hall–Kier alpha value is -2.70. The highest BCUT2D eigenvalue weighted by Gasteiger charge is 2.54. The highest BCUT2D eigenvalue weighted by Crippen LogP contribution is 2.60. The second kappa shape index (κ2) is 12.9. The molecule has 3 N–H and O–H groups in total. The van der Waals surface area contributed by atoms with Gasteiger partial charge in [0.2, 0.25) is 0 Å². The zero-order valence-electron chi connectivity index (χ0n) is 30.8. The number of ether oxygens (including phenoxy) is 3. The van der Waals surface area contributed by atoms with Gasteiger partial charge in [0.05, 0.1) is 11.2 Å². The molecule has 5 aliphatic rings. The molecule has 1 fully saturated rings. The fourth-order valence-electron chi connectivity index (χ4n) is 9.24. The zero-order chi connectivity index (χ0) is 34.6. The molecule has 0 amide bonds. The highest BCUT2D eigenvalue weighted by atomic mass is 16.5. The Bertz CT molecular complexity index is 1530. The van der Waals surface area contributed by atoms with Crippen LogP contribution in [0.3, 0.4) is 0 Å². The Labute approximate surface area is 288 Å². The Morgan fingerprint density at radius 3 is 2.02 bits per heavy atom. The Morgan fingerprint density at radius 2 is 1.38 bits per heavy atom. The quantitative estimate of drug-likeness (QED) is 0.245. The van der Waals surface area contributed by atoms with Crippen molar-refractivity contribution < 1.29 is 29.5 Å². The topological polar surface area (TPSA) is 88.4 Å². The maximum atomic E-state index is 10.8. The largest absolute Gasteiger partial charge is 0.507 e. The number of phenolic OH excluding ortho intramolecular Hbond substituents is 1. The number of aliphatic hydroxyl groups excluding tert-OH is 1. The van der Waals surface area contributed by atoms with Crippen molar-refractivity contribution in [3.63, 3.8) is 0 Å². The number of phenols is 1. The highest BCUT2D eigenvalue weighted by molar-refractivity contribution is 5.84. The molecule has 1 saturated carbocycles. The van der Waals surface area contributed by atoms with Crippen LogP contribution in [-0.2, 0) is 12.8 Å². The third-order valence-corrected chi connectivity index (χ3v) is 12.0. The second-order valence-corrected chi connectivity index (χ2v) is 16.9. The van der Waals surface area contributed by atoms with Gasteiger partial charge in [0.15, 0.2) is 0 Å². The second-order valence-electron chi connectivity index (χ2n) is 16.9. The van der Waals surface area contributed by atoms with E-state index in [1.54, 1.807) is 13.0 Å². The van der Waals surface area contributed by atoms with E-state index in [0.717, 1.165) is 67.6 Å². The molecule has 5 unspecified atom stereocenters. The van der Waals surface area contributed by atoms with Gasteiger partial charge >= 0.3 is 0 Å². The minimum absolute atomic E-state index is 0.0287. The van der Waals surface area contributed by atoms with Crippen LogP contribution < -0.4 is 14.2 Å². The van der Waals surface area contributed by atoms with Gasteiger partial charge in [-0.15, -0.1) is 0 Å². The van der Waals surface area contributed by atoms with Gasteiger partial charge in [-0.2, -0.15) is 0 Å². The first-order valence-corrected chi connectivity index (χ1v) is 18.8. The molecule has 0 spiro atoms. The predicted octanol–water partition coefficient (Wildman–Crippen LogP) is 9.58. The lowest BCUT2D eigenvalue weighted by Gasteiger charge is -2.55. The normalized spacial score (nSPS) is 30.1. The molecule has 3 heterocycles. The number of benzene rings is 2. The number of fused-ring (bicyclic) bond motifs is 3. The Morgan fingerprint density at radius 1 is 0.771 bits per heavy atom. The van der Waals surface area contributed by atoms with Crippen molar-refractivity contribution in [2.75, 3.05) is 0 Å². The van der Waals surface area contributed by atoms with Crippen LogP contribution in [0.25, 0.3) is 5.57 Å². The molecule has 6 heteroatoms. The number of unbranched alkanes of at least 4 members (excludes halogenated alkanes) is 4. The number of aliphatic hydroxyl groups is 2. The van der Waals surface area contributed by atoms with Crippen molar-refractivity contribution in [3.05, 3.63) is 52.1 Å². The maximum Gasteiger partial charge on any atom is 0.132 e. The molecule has 0 aromatic heterocycles. The summed E-state index contributed by atoms with van der Waals surface area (Å²) in [6.45, 7) is 16.9. The van der Waals surface area contributed by atoms with Crippen LogP contribution in [0.2, 0.25) is 0 Å². The number of aromatic hydroxyl groups is 1. The van der Waals surface area contributed by atoms with Gasteiger partial charge in [0.1, 0.15) is 45.9 Å². The van der Waals surface area contributed by atoms with E-state index in [-0.39, 0.29) is 17.0 Å². The van der Waals surface area contributed by atoms with Gasteiger partial charge in [-0.1, -0.05) is 39.5 Å². The Kier molecular flexibility index (Phi) is 9.43. The van der Waals surface area contributed by atoms with Crippen LogP contribution in [0.5, 0.6) is 23.0 Å². The van der Waals surface area contributed by atoms with Crippen LogP contribution in [0.4, 0.5) is 0 Å². The lowest BCUT2D eigenvalue weighted by atomic mass is 9.61. The summed E-state index contributed by atoms with van der Waals surface area (Å²) in [6.07, 6.45) is 12.8. The van der Waals surface area contributed by atoms with Gasteiger partial charge in [0, 0.05) is 23.0 Å². The number of aryl methyl sites for hydroxylation is 2. The molecule has 2 bridgehead atoms. The van der Waals surface area contributed by atoms with Crippen molar-refractivity contribution in [2.24, 2.45) is 5.92 Å². The monoisotopic (exact) mass is 660 g/mol. The number of hydrogen-bond acceptors (Lipinski definition) is 6. The summed E-state index contributed by atoms with van der Waals surface area (Å²) in [5.41, 5.74) is 4.15. The lowest BCUT2D eigenvalue weighted by molar-refractivity contribution is -0.0727. The molecule has 3 aliphatic heterocycles. The minimum Gasteiger partial charge on any atom is -0.507 e. The van der Waals surface area contributed by atoms with Gasteiger partial charge in [-0.05, 0) is 140 Å². The fraction of sp³-hybridized carbons (Fsp3) is 0.667. The average molecular weight is 661 g/mol. The van der Waals surface area contributed by atoms with E-state index in [2.05, 4.69) is 46.8 Å². The molecular weight excluding hydrogens is 600 g/mol. The summed E-state index contributed by atoms with van der Waals surface area (Å²) in [7, 11) is 0. The summed E-state index contributed by atoms with van der Waals surface area (Å²) in [4.78, 5) is 0. The van der Waals surface area contributed by atoms with Gasteiger partial charge in [-0.25, -0.2) is 0 Å². The van der Waals surface area contributed by atoms with Gasteiger partial charge < -0.3 is 29.5 Å². The SMILES string of the molecule is CCCCCc1cc(O)c2c(c1)OC(C)(C)C1=C2C(O)C(C)(O)CC1.CCCCCc1cc2c3c(c1)OC(C)(C)C1CCC(C)(CC31)O2. The van der Waals surface area contributed by atoms with Crippen molar-refractivity contribution in [2.45, 2.75) is 173 Å². The smallest absolute Gasteiger partial charge is 0.132 e. The summed E-state index contributed by atoms with van der Waals surface area (Å²) in [6, 6.07) is 8.36. The number of rotatable bonds is 8. The maximum absolute atomic E-state index is 10.8. The van der Waals surface area contributed by atoms with Crippen LogP contribution in [0.15, 0.2) is 29.8 Å². The first-order chi connectivity index (χ1) is 22.6. The van der Waals surface area contributed by atoms with Gasteiger partial charge in [-0.3, -0.25) is 0 Å². The van der Waals surface area contributed by atoms with E-state index in [1.807, 2.05) is 19.9 Å². The average Bonchev–Trinajstić information content (AvgIpc) is 2.98. The molecular formula is C42H60O6. The van der Waals surface area contributed by atoms with Crippen LogP contribution in [-0.4, -0.2) is 43.8 Å². The van der Waals surface area contributed by atoms with E-state index in [4.69, 9.17) is 14.2 Å². The van der Waals surface area contributed by atoms with E-state index >= 15 is 0 Å². The van der Waals surface area contributed by atoms with Crippen LogP contribution in [0.1, 0.15) is 154 Å². The first-order valence-electron chi connectivity index (χ1n) is 18.8. The van der Waals surface area contributed by atoms with Gasteiger partial charge in [0.25, 0.3) is 0 Å².